The summed E-state index contributed by atoms with van der Waals surface area (Å²) in [6, 6.07) is 2.60. The Morgan fingerprint density at radius 1 is 1.27 bits per heavy atom. The number of alkyl halides is 3. The highest BCUT2D eigenvalue weighted by Gasteiger charge is 2.36. The van der Waals surface area contributed by atoms with Crippen molar-refractivity contribution in [2.45, 2.75) is 37.1 Å². The molecule has 144 valence electrons. The van der Waals surface area contributed by atoms with Gasteiger partial charge in [0.1, 0.15) is 0 Å². The van der Waals surface area contributed by atoms with E-state index >= 15 is 0 Å². The molecular formula is C15H18F3N3O4S. The van der Waals surface area contributed by atoms with Gasteiger partial charge in [-0.2, -0.15) is 13.2 Å². The number of carbonyl (C=O) groups excluding carboxylic acids is 2. The molecule has 11 heteroatoms. The Morgan fingerprint density at radius 2 is 1.85 bits per heavy atom. The van der Waals surface area contributed by atoms with Gasteiger partial charge in [-0.1, -0.05) is 12.1 Å². The summed E-state index contributed by atoms with van der Waals surface area (Å²) in [5.41, 5.74) is -1.74. The highest BCUT2D eigenvalue weighted by atomic mass is 32.2. The summed E-state index contributed by atoms with van der Waals surface area (Å²) in [5.74, 6) is -1.22. The van der Waals surface area contributed by atoms with E-state index in [0.717, 1.165) is 18.4 Å². The summed E-state index contributed by atoms with van der Waals surface area (Å²) in [6.07, 6.45) is -3.79. The minimum atomic E-state index is -4.45. The normalized spacial score (nSPS) is 22.4. The molecule has 1 aromatic carbocycles. The molecular weight excluding hydrogens is 375 g/mol. The molecule has 1 fully saturated rings. The fraction of sp³-hybridized carbons (Fsp3) is 0.467. The van der Waals surface area contributed by atoms with Crippen LogP contribution in [-0.2, 0) is 25.6 Å². The molecule has 3 N–H and O–H groups in total. The van der Waals surface area contributed by atoms with Gasteiger partial charge in [-0.25, -0.2) is 8.42 Å². The van der Waals surface area contributed by atoms with Crippen LogP contribution < -0.4 is 16.0 Å². The zero-order chi connectivity index (χ0) is 19.7. The molecule has 0 spiro atoms. The first-order valence-electron chi connectivity index (χ1n) is 7.60. The van der Waals surface area contributed by atoms with Crippen molar-refractivity contribution in [3.05, 3.63) is 35.4 Å². The van der Waals surface area contributed by atoms with Crippen LogP contribution >= 0.6 is 0 Å². The maximum atomic E-state index is 12.6. The summed E-state index contributed by atoms with van der Waals surface area (Å²) in [4.78, 5) is 23.9. The summed E-state index contributed by atoms with van der Waals surface area (Å²) < 4.78 is 60.8. The first-order chi connectivity index (χ1) is 11.9. The van der Waals surface area contributed by atoms with Crippen LogP contribution in [0, 0.1) is 0 Å². The molecule has 0 bridgehead atoms. The Morgan fingerprint density at radius 3 is 2.35 bits per heavy atom. The van der Waals surface area contributed by atoms with E-state index in [4.69, 9.17) is 0 Å². The fourth-order valence-corrected chi connectivity index (χ4v) is 3.19. The zero-order valence-electron chi connectivity index (χ0n) is 13.9. The summed E-state index contributed by atoms with van der Waals surface area (Å²) >= 11 is 0. The molecule has 0 radical (unpaired) electrons. The van der Waals surface area contributed by atoms with Gasteiger partial charge >= 0.3 is 6.18 Å². The Kier molecular flexibility index (Phi) is 5.61. The predicted molar refractivity (Wildman–Crippen MR) is 86.3 cm³/mol. The Bertz CT molecular complexity index is 793. The molecule has 0 aliphatic carbocycles. The summed E-state index contributed by atoms with van der Waals surface area (Å²) in [7, 11) is -3.65. The lowest BCUT2D eigenvalue weighted by atomic mass is 10.0. The third kappa shape index (κ3) is 4.94. The lowest BCUT2D eigenvalue weighted by Crippen LogP contribution is -2.63. The highest BCUT2D eigenvalue weighted by Crippen LogP contribution is 2.29. The van der Waals surface area contributed by atoms with Gasteiger partial charge in [-0.05, 0) is 24.6 Å². The summed E-state index contributed by atoms with van der Waals surface area (Å²) in [5, 5.41) is 7.31. The SMILES string of the molecule is CC(NC(=O)C1CC(=O)NC(S(C)(=O)=O)N1)c1ccc(C(F)(F)F)cc1. The Balaban J connectivity index is 2.05. The van der Waals surface area contributed by atoms with E-state index in [1.165, 1.54) is 12.1 Å². The maximum Gasteiger partial charge on any atom is 0.416 e. The van der Waals surface area contributed by atoms with Gasteiger partial charge in [0, 0.05) is 6.26 Å². The largest absolute Gasteiger partial charge is 0.416 e. The van der Waals surface area contributed by atoms with E-state index in [-0.39, 0.29) is 6.42 Å². The van der Waals surface area contributed by atoms with Crippen molar-refractivity contribution in [1.29, 1.82) is 0 Å². The van der Waals surface area contributed by atoms with Crippen LogP contribution in [0.5, 0.6) is 0 Å². The van der Waals surface area contributed by atoms with Gasteiger partial charge in [0.15, 0.2) is 15.3 Å². The van der Waals surface area contributed by atoms with Gasteiger partial charge in [-0.3, -0.25) is 14.9 Å². The average Bonchev–Trinajstić information content (AvgIpc) is 2.52. The first-order valence-corrected chi connectivity index (χ1v) is 9.55. The van der Waals surface area contributed by atoms with Gasteiger partial charge in [0.2, 0.25) is 11.8 Å². The van der Waals surface area contributed by atoms with E-state index in [0.29, 0.717) is 5.56 Å². The number of amides is 2. The van der Waals surface area contributed by atoms with Crippen LogP contribution in [0.1, 0.15) is 30.5 Å². The van der Waals surface area contributed by atoms with E-state index in [1.807, 2.05) is 0 Å². The van der Waals surface area contributed by atoms with Crippen LogP contribution in [0.3, 0.4) is 0 Å². The lowest BCUT2D eigenvalue weighted by molar-refractivity contribution is -0.137. The van der Waals surface area contributed by atoms with E-state index < -0.39 is 51.0 Å². The van der Waals surface area contributed by atoms with Crippen LogP contribution in [0.4, 0.5) is 13.2 Å². The minimum Gasteiger partial charge on any atom is -0.348 e. The third-order valence-electron chi connectivity index (χ3n) is 3.88. The molecule has 1 aliphatic rings. The fourth-order valence-electron chi connectivity index (χ4n) is 2.43. The van der Waals surface area contributed by atoms with Crippen molar-refractivity contribution < 1.29 is 31.2 Å². The molecule has 3 atom stereocenters. The smallest absolute Gasteiger partial charge is 0.348 e. The van der Waals surface area contributed by atoms with Crippen molar-refractivity contribution in [3.8, 4) is 0 Å². The molecule has 2 amide bonds. The number of nitrogens with one attached hydrogen (secondary N) is 3. The average molecular weight is 393 g/mol. The number of carbonyl (C=O) groups is 2. The van der Waals surface area contributed by atoms with Gasteiger partial charge < -0.3 is 10.6 Å². The van der Waals surface area contributed by atoms with Crippen LogP contribution in [0.25, 0.3) is 0 Å². The lowest BCUT2D eigenvalue weighted by Gasteiger charge is -2.30. The Labute approximate surface area is 148 Å². The van der Waals surface area contributed by atoms with Crippen molar-refractivity contribution in [3.63, 3.8) is 0 Å². The number of sulfone groups is 1. The van der Waals surface area contributed by atoms with Crippen molar-refractivity contribution in [1.82, 2.24) is 16.0 Å². The molecule has 3 unspecified atom stereocenters. The summed E-state index contributed by atoms with van der Waals surface area (Å²) in [6.45, 7) is 1.57. The van der Waals surface area contributed by atoms with Crippen LogP contribution in [-0.4, -0.2) is 38.0 Å². The van der Waals surface area contributed by atoms with Gasteiger partial charge in [0.05, 0.1) is 24.1 Å². The maximum absolute atomic E-state index is 12.6. The third-order valence-corrected chi connectivity index (χ3v) is 4.99. The van der Waals surface area contributed by atoms with Crippen molar-refractivity contribution in [2.75, 3.05) is 6.26 Å². The number of benzene rings is 1. The molecule has 0 aromatic heterocycles. The van der Waals surface area contributed by atoms with Gasteiger partial charge in [-0.15, -0.1) is 0 Å². The quantitative estimate of drug-likeness (QED) is 0.698. The van der Waals surface area contributed by atoms with Gasteiger partial charge in [0.25, 0.3) is 0 Å². The van der Waals surface area contributed by atoms with Crippen molar-refractivity contribution >= 4 is 21.7 Å². The van der Waals surface area contributed by atoms with E-state index in [2.05, 4.69) is 16.0 Å². The topological polar surface area (TPSA) is 104 Å². The predicted octanol–water partition coefficient (Wildman–Crippen LogP) is 0.689. The molecule has 7 nitrogen and oxygen atoms in total. The molecule has 0 saturated carbocycles. The van der Waals surface area contributed by atoms with E-state index in [1.54, 1.807) is 6.92 Å². The number of hydrogen-bond acceptors (Lipinski definition) is 5. The second-order valence-corrected chi connectivity index (χ2v) is 8.18. The molecule has 2 rings (SSSR count). The zero-order valence-corrected chi connectivity index (χ0v) is 14.7. The minimum absolute atomic E-state index is 0.252. The van der Waals surface area contributed by atoms with E-state index in [9.17, 15) is 31.2 Å². The molecule has 26 heavy (non-hydrogen) atoms. The number of halogens is 3. The molecule has 1 aliphatic heterocycles. The van der Waals surface area contributed by atoms with Crippen molar-refractivity contribution in [2.24, 2.45) is 0 Å². The second kappa shape index (κ2) is 7.23. The number of hydrogen-bond donors (Lipinski definition) is 3. The van der Waals surface area contributed by atoms with Crippen LogP contribution in [0.2, 0.25) is 0 Å². The Hall–Kier alpha value is -2.14. The second-order valence-electron chi connectivity index (χ2n) is 6.05. The standard InChI is InChI=1S/C15H18F3N3O4S/c1-8(9-3-5-10(6-4-9)15(16,17)18)19-13(23)11-7-12(22)21-14(20-11)26(2,24)25/h3-6,8,11,14,20H,7H2,1-2H3,(H,19,23)(H,21,22). The molecule has 1 heterocycles. The number of rotatable bonds is 4. The van der Waals surface area contributed by atoms with Crippen LogP contribution in [0.15, 0.2) is 24.3 Å². The molecule has 1 saturated heterocycles. The highest BCUT2D eigenvalue weighted by molar-refractivity contribution is 7.91. The molecule has 1 aromatic rings. The monoisotopic (exact) mass is 393 g/mol. The first kappa shape index (κ1) is 20.2.